The highest BCUT2D eigenvalue weighted by atomic mass is 16.1. The fourth-order valence-corrected chi connectivity index (χ4v) is 6.17. The average molecular weight is 275 g/mol. The number of Topliss-reactive ketones (excluding diaryl/α,β-unsaturated/α-hetero) is 2. The topological polar surface area (TPSA) is 37.4 Å². The smallest absolute Gasteiger partial charge is 0.141 e. The van der Waals surface area contributed by atoms with Gasteiger partial charge < -0.3 is 4.90 Å². The van der Waals surface area contributed by atoms with Gasteiger partial charge in [-0.25, -0.2) is 0 Å². The molecule has 4 fully saturated rings. The van der Waals surface area contributed by atoms with Crippen LogP contribution in [-0.2, 0) is 9.59 Å². The number of hydrogen-bond donors (Lipinski definition) is 0. The van der Waals surface area contributed by atoms with Crippen molar-refractivity contribution in [1.82, 2.24) is 4.90 Å². The standard InChI is InChI=1S/C17H25NO2/c1-12-8-13-10-14(19)16-4-2-6-18(11-16)7-3-5-17(13,16)15(20)9-12/h12-13H,2-11H2,1H3/t12?,13?,16-,17+/m0/s1. The van der Waals surface area contributed by atoms with Crippen LogP contribution in [0.15, 0.2) is 0 Å². The number of piperidine rings is 1. The van der Waals surface area contributed by atoms with E-state index < -0.39 is 0 Å². The Morgan fingerprint density at radius 2 is 1.80 bits per heavy atom. The molecule has 2 saturated heterocycles. The number of hydrogen-bond acceptors (Lipinski definition) is 3. The Hall–Kier alpha value is -0.700. The van der Waals surface area contributed by atoms with Crippen LogP contribution in [0, 0.1) is 22.7 Å². The first kappa shape index (κ1) is 13.0. The maximum atomic E-state index is 13.1. The molecule has 0 amide bonds. The van der Waals surface area contributed by atoms with Gasteiger partial charge in [0.2, 0.25) is 0 Å². The summed E-state index contributed by atoms with van der Waals surface area (Å²) < 4.78 is 0. The van der Waals surface area contributed by atoms with Crippen molar-refractivity contribution >= 4 is 11.6 Å². The number of carbonyl (C=O) groups excluding carboxylic acids is 2. The van der Waals surface area contributed by atoms with Gasteiger partial charge in [-0.1, -0.05) is 6.92 Å². The first-order chi connectivity index (χ1) is 9.58. The summed E-state index contributed by atoms with van der Waals surface area (Å²) in [6.07, 6.45) is 6.65. The lowest BCUT2D eigenvalue weighted by molar-refractivity contribution is -0.153. The summed E-state index contributed by atoms with van der Waals surface area (Å²) in [5, 5.41) is 0. The van der Waals surface area contributed by atoms with Crippen molar-refractivity contribution in [3.63, 3.8) is 0 Å². The summed E-state index contributed by atoms with van der Waals surface area (Å²) >= 11 is 0. The normalized spacial score (nSPS) is 51.4. The second-order valence-corrected chi connectivity index (χ2v) is 7.83. The molecule has 2 bridgehead atoms. The van der Waals surface area contributed by atoms with Crippen molar-refractivity contribution in [2.24, 2.45) is 22.7 Å². The average Bonchev–Trinajstić information content (AvgIpc) is 2.55. The monoisotopic (exact) mass is 275 g/mol. The molecule has 0 aromatic carbocycles. The molecule has 2 aliphatic carbocycles. The van der Waals surface area contributed by atoms with E-state index in [4.69, 9.17) is 0 Å². The van der Waals surface area contributed by atoms with E-state index in [-0.39, 0.29) is 10.8 Å². The Bertz CT molecular complexity index is 474. The maximum Gasteiger partial charge on any atom is 0.141 e. The van der Waals surface area contributed by atoms with Crippen LogP contribution in [0.1, 0.15) is 51.9 Å². The number of ketones is 2. The van der Waals surface area contributed by atoms with Crippen LogP contribution >= 0.6 is 0 Å². The fourth-order valence-electron chi connectivity index (χ4n) is 6.17. The summed E-state index contributed by atoms with van der Waals surface area (Å²) in [4.78, 5) is 28.5. The molecule has 3 heteroatoms. The van der Waals surface area contributed by atoms with Crippen LogP contribution in [0.3, 0.4) is 0 Å². The van der Waals surface area contributed by atoms with Crippen LogP contribution in [0.2, 0.25) is 0 Å². The van der Waals surface area contributed by atoms with E-state index in [1.807, 2.05) is 0 Å². The summed E-state index contributed by atoms with van der Waals surface area (Å²) in [5.74, 6) is 1.70. The van der Waals surface area contributed by atoms with E-state index in [1.54, 1.807) is 0 Å². The zero-order valence-electron chi connectivity index (χ0n) is 12.5. The molecule has 20 heavy (non-hydrogen) atoms. The van der Waals surface area contributed by atoms with Gasteiger partial charge in [0.15, 0.2) is 0 Å². The van der Waals surface area contributed by atoms with E-state index in [1.165, 1.54) is 0 Å². The van der Waals surface area contributed by atoms with Crippen molar-refractivity contribution in [3.05, 3.63) is 0 Å². The van der Waals surface area contributed by atoms with E-state index in [0.717, 1.165) is 51.7 Å². The van der Waals surface area contributed by atoms with Crippen LogP contribution in [0.25, 0.3) is 0 Å². The van der Waals surface area contributed by atoms with Gasteiger partial charge in [0.25, 0.3) is 0 Å². The Balaban J connectivity index is 1.86. The summed E-state index contributed by atoms with van der Waals surface area (Å²) in [6, 6.07) is 0. The maximum absolute atomic E-state index is 13.1. The number of fused-ring (bicyclic) bond motifs is 1. The van der Waals surface area contributed by atoms with Crippen molar-refractivity contribution < 1.29 is 9.59 Å². The van der Waals surface area contributed by atoms with Crippen LogP contribution in [0.4, 0.5) is 0 Å². The van der Waals surface area contributed by atoms with Gasteiger partial charge in [0.1, 0.15) is 11.6 Å². The van der Waals surface area contributed by atoms with Crippen molar-refractivity contribution in [2.45, 2.75) is 51.9 Å². The highest BCUT2D eigenvalue weighted by molar-refractivity contribution is 6.00. The number of nitrogens with zero attached hydrogens (tertiary/aromatic N) is 1. The van der Waals surface area contributed by atoms with Gasteiger partial charge >= 0.3 is 0 Å². The highest BCUT2D eigenvalue weighted by Crippen LogP contribution is 2.65. The second-order valence-electron chi connectivity index (χ2n) is 7.83. The molecular weight excluding hydrogens is 250 g/mol. The molecule has 5 atom stereocenters. The molecule has 110 valence electrons. The van der Waals surface area contributed by atoms with Crippen molar-refractivity contribution in [3.8, 4) is 0 Å². The zero-order chi connectivity index (χ0) is 14.0. The Labute approximate surface area is 121 Å². The van der Waals surface area contributed by atoms with Crippen LogP contribution in [0.5, 0.6) is 0 Å². The summed E-state index contributed by atoms with van der Waals surface area (Å²) in [7, 11) is 0. The zero-order valence-corrected chi connectivity index (χ0v) is 12.5. The molecule has 0 aromatic heterocycles. The van der Waals surface area contributed by atoms with Gasteiger partial charge in [0, 0.05) is 24.8 Å². The first-order valence-electron chi connectivity index (χ1n) is 8.37. The highest BCUT2D eigenvalue weighted by Gasteiger charge is 2.69. The number of rotatable bonds is 0. The quantitative estimate of drug-likeness (QED) is 0.681. The number of carbonyl (C=O) groups is 2. The van der Waals surface area contributed by atoms with Gasteiger partial charge in [-0.3, -0.25) is 9.59 Å². The predicted molar refractivity (Wildman–Crippen MR) is 76.3 cm³/mol. The van der Waals surface area contributed by atoms with Crippen LogP contribution < -0.4 is 0 Å². The molecule has 2 spiro atoms. The lowest BCUT2D eigenvalue weighted by Crippen LogP contribution is -2.57. The minimum absolute atomic E-state index is 0.272. The third kappa shape index (κ3) is 1.40. The molecule has 3 unspecified atom stereocenters. The summed E-state index contributed by atoms with van der Waals surface area (Å²) in [6.45, 7) is 5.28. The Morgan fingerprint density at radius 1 is 1.05 bits per heavy atom. The molecule has 2 aliphatic heterocycles. The second kappa shape index (κ2) is 4.16. The summed E-state index contributed by atoms with van der Waals surface area (Å²) in [5.41, 5.74) is -0.574. The van der Waals surface area contributed by atoms with Gasteiger partial charge in [-0.2, -0.15) is 0 Å². The van der Waals surface area contributed by atoms with E-state index in [9.17, 15) is 9.59 Å². The van der Waals surface area contributed by atoms with Gasteiger partial charge in [-0.05, 0) is 57.0 Å². The minimum atomic E-state index is -0.302. The van der Waals surface area contributed by atoms with E-state index >= 15 is 0 Å². The molecule has 4 aliphatic rings. The van der Waals surface area contributed by atoms with Crippen LogP contribution in [-0.4, -0.2) is 36.1 Å². The van der Waals surface area contributed by atoms with Gasteiger partial charge in [0.05, 0.1) is 5.41 Å². The molecule has 4 rings (SSSR count). The van der Waals surface area contributed by atoms with Crippen molar-refractivity contribution in [1.29, 1.82) is 0 Å². The molecule has 2 saturated carbocycles. The Morgan fingerprint density at radius 3 is 2.60 bits per heavy atom. The SMILES string of the molecule is CC1CC(=O)[C@]23CCCN4CCC[C@]2(C4)C(=O)CC3C1. The predicted octanol–water partition coefficient (Wildman–Crippen LogP) is 2.44. The first-order valence-corrected chi connectivity index (χ1v) is 8.37. The molecule has 0 aromatic rings. The van der Waals surface area contributed by atoms with Gasteiger partial charge in [-0.15, -0.1) is 0 Å². The third-order valence-corrected chi connectivity index (χ3v) is 6.85. The largest absolute Gasteiger partial charge is 0.302 e. The molecule has 2 heterocycles. The lowest BCUT2D eigenvalue weighted by Gasteiger charge is -2.51. The third-order valence-electron chi connectivity index (χ3n) is 6.85. The lowest BCUT2D eigenvalue weighted by atomic mass is 9.51. The fraction of sp³-hybridized carbons (Fsp3) is 0.882. The molecule has 3 nitrogen and oxygen atoms in total. The minimum Gasteiger partial charge on any atom is -0.302 e. The molecular formula is C17H25NO2. The Kier molecular flexibility index (Phi) is 2.70. The molecule has 0 N–H and O–H groups in total. The van der Waals surface area contributed by atoms with E-state index in [0.29, 0.717) is 36.2 Å². The molecule has 0 radical (unpaired) electrons. The van der Waals surface area contributed by atoms with E-state index in [2.05, 4.69) is 11.8 Å². The van der Waals surface area contributed by atoms with Crippen molar-refractivity contribution in [2.75, 3.05) is 19.6 Å².